The quantitative estimate of drug-likeness (QED) is 0.887. The molecule has 0 unspecified atom stereocenters. The number of aliphatic hydroxyl groups is 1. The summed E-state index contributed by atoms with van der Waals surface area (Å²) in [5, 5.41) is 19.0. The lowest BCUT2D eigenvalue weighted by Crippen LogP contribution is -2.39. The van der Waals surface area contributed by atoms with Crippen LogP contribution in [0.4, 0.5) is 4.39 Å². The van der Waals surface area contributed by atoms with Crippen molar-refractivity contribution in [2.75, 3.05) is 13.6 Å². The Morgan fingerprint density at radius 2 is 2.06 bits per heavy atom. The number of halogens is 2. The van der Waals surface area contributed by atoms with Gasteiger partial charge in [0.05, 0.1) is 16.2 Å². The molecule has 0 atom stereocenters. The molecule has 18 heavy (non-hydrogen) atoms. The van der Waals surface area contributed by atoms with E-state index in [9.17, 15) is 19.4 Å². The Morgan fingerprint density at radius 1 is 1.50 bits per heavy atom. The number of nitrogens with zero attached hydrogens (tertiary/aromatic N) is 1. The highest BCUT2D eigenvalue weighted by molar-refractivity contribution is 6.32. The zero-order valence-corrected chi connectivity index (χ0v) is 11.1. The number of benzene rings is 1. The Hall–Kier alpha value is -1.33. The molecule has 4 nitrogen and oxygen atoms in total. The van der Waals surface area contributed by atoms with Gasteiger partial charge in [0.2, 0.25) is 0 Å². The maximum Gasteiger partial charge on any atom is 0.257 e. The van der Waals surface area contributed by atoms with Gasteiger partial charge in [0, 0.05) is 13.6 Å². The predicted molar refractivity (Wildman–Crippen MR) is 66.3 cm³/mol. The minimum absolute atomic E-state index is 0.0411. The number of phenols is 1. The molecule has 0 aliphatic heterocycles. The summed E-state index contributed by atoms with van der Waals surface area (Å²) < 4.78 is 13.2. The van der Waals surface area contributed by atoms with E-state index >= 15 is 0 Å². The first-order chi connectivity index (χ1) is 8.11. The van der Waals surface area contributed by atoms with Crippen molar-refractivity contribution >= 4 is 17.5 Å². The molecule has 0 saturated carbocycles. The molecule has 0 saturated heterocycles. The summed E-state index contributed by atoms with van der Waals surface area (Å²) in [6.07, 6.45) is 0. The van der Waals surface area contributed by atoms with Gasteiger partial charge in [0.15, 0.2) is 0 Å². The number of amides is 1. The molecule has 1 aromatic carbocycles. The fourth-order valence-corrected chi connectivity index (χ4v) is 1.79. The van der Waals surface area contributed by atoms with E-state index in [-0.39, 0.29) is 17.1 Å². The highest BCUT2D eigenvalue weighted by Gasteiger charge is 2.23. The first-order valence-corrected chi connectivity index (χ1v) is 5.65. The van der Waals surface area contributed by atoms with Crippen LogP contribution in [0.5, 0.6) is 5.75 Å². The first kappa shape index (κ1) is 14.7. The van der Waals surface area contributed by atoms with Crippen LogP contribution in [0.1, 0.15) is 24.2 Å². The third-order valence-corrected chi connectivity index (χ3v) is 2.52. The Bertz CT molecular complexity index is 471. The minimum atomic E-state index is -1.09. The standard InChI is InChI=1S/C12H15ClFNO3/c1-12(2,18)6-15(3)11(17)8-4-7(14)5-9(13)10(8)16/h4-5,16,18H,6H2,1-3H3. The van der Waals surface area contributed by atoms with E-state index < -0.39 is 23.1 Å². The average molecular weight is 276 g/mol. The van der Waals surface area contributed by atoms with Gasteiger partial charge in [-0.25, -0.2) is 4.39 Å². The molecule has 0 aliphatic rings. The second kappa shape index (κ2) is 5.12. The summed E-state index contributed by atoms with van der Waals surface area (Å²) in [7, 11) is 1.44. The Balaban J connectivity index is 3.04. The van der Waals surface area contributed by atoms with E-state index in [1.165, 1.54) is 25.8 Å². The van der Waals surface area contributed by atoms with E-state index in [0.717, 1.165) is 12.1 Å². The Kier molecular flexibility index (Phi) is 4.19. The first-order valence-electron chi connectivity index (χ1n) is 5.27. The number of likely N-dealkylation sites (N-methyl/N-ethyl adjacent to an activating group) is 1. The second-order valence-corrected chi connectivity index (χ2v) is 5.16. The third-order valence-electron chi connectivity index (χ3n) is 2.23. The summed E-state index contributed by atoms with van der Waals surface area (Å²) in [5.74, 6) is -1.79. The molecule has 0 fully saturated rings. The van der Waals surface area contributed by atoms with Crippen LogP contribution < -0.4 is 0 Å². The zero-order chi connectivity index (χ0) is 14.1. The van der Waals surface area contributed by atoms with Gasteiger partial charge in [0.1, 0.15) is 11.6 Å². The van der Waals surface area contributed by atoms with Gasteiger partial charge in [-0.15, -0.1) is 0 Å². The van der Waals surface area contributed by atoms with E-state index in [1.807, 2.05) is 0 Å². The molecule has 0 radical (unpaired) electrons. The highest BCUT2D eigenvalue weighted by Crippen LogP contribution is 2.29. The number of hydrogen-bond donors (Lipinski definition) is 2. The number of rotatable bonds is 3. The third kappa shape index (κ3) is 3.58. The van der Waals surface area contributed by atoms with Crippen molar-refractivity contribution in [2.24, 2.45) is 0 Å². The van der Waals surface area contributed by atoms with E-state index in [0.29, 0.717) is 0 Å². The molecule has 100 valence electrons. The Labute approximate surface area is 110 Å². The number of hydrogen-bond acceptors (Lipinski definition) is 3. The van der Waals surface area contributed by atoms with Crippen LogP contribution in [0.15, 0.2) is 12.1 Å². The molecule has 6 heteroatoms. The lowest BCUT2D eigenvalue weighted by Gasteiger charge is -2.25. The van der Waals surface area contributed by atoms with Crippen molar-refractivity contribution in [1.82, 2.24) is 4.90 Å². The molecule has 0 aliphatic carbocycles. The topological polar surface area (TPSA) is 60.8 Å². The van der Waals surface area contributed by atoms with E-state index in [4.69, 9.17) is 11.6 Å². The van der Waals surface area contributed by atoms with Crippen LogP contribution in [0.25, 0.3) is 0 Å². The molecular weight excluding hydrogens is 261 g/mol. The summed E-state index contributed by atoms with van der Waals surface area (Å²) in [6.45, 7) is 3.11. The molecule has 0 aromatic heterocycles. The number of phenolic OH excluding ortho intramolecular Hbond substituents is 1. The van der Waals surface area contributed by atoms with Crippen LogP contribution in [-0.4, -0.2) is 40.2 Å². The van der Waals surface area contributed by atoms with Gasteiger partial charge in [0.25, 0.3) is 5.91 Å². The Morgan fingerprint density at radius 3 is 2.56 bits per heavy atom. The smallest absolute Gasteiger partial charge is 0.257 e. The van der Waals surface area contributed by atoms with Crippen LogP contribution in [0, 0.1) is 5.82 Å². The number of carbonyl (C=O) groups excluding carboxylic acids is 1. The zero-order valence-electron chi connectivity index (χ0n) is 10.4. The van der Waals surface area contributed by atoms with Gasteiger partial charge in [-0.1, -0.05) is 11.6 Å². The van der Waals surface area contributed by atoms with Gasteiger partial charge in [-0.05, 0) is 26.0 Å². The molecule has 1 aromatic rings. The molecule has 0 bridgehead atoms. The molecule has 1 rings (SSSR count). The fourth-order valence-electron chi connectivity index (χ4n) is 1.59. The normalized spacial score (nSPS) is 11.4. The van der Waals surface area contributed by atoms with Gasteiger partial charge < -0.3 is 15.1 Å². The van der Waals surface area contributed by atoms with Crippen molar-refractivity contribution in [2.45, 2.75) is 19.4 Å². The van der Waals surface area contributed by atoms with Crippen molar-refractivity contribution in [3.05, 3.63) is 28.5 Å². The number of carbonyl (C=O) groups is 1. The van der Waals surface area contributed by atoms with Crippen LogP contribution >= 0.6 is 11.6 Å². The number of aromatic hydroxyl groups is 1. The van der Waals surface area contributed by atoms with Gasteiger partial charge in [-0.2, -0.15) is 0 Å². The summed E-state index contributed by atoms with van der Waals surface area (Å²) in [6, 6.07) is 1.83. The predicted octanol–water partition coefficient (Wildman–Crippen LogP) is 2.03. The molecular formula is C12H15ClFNO3. The SMILES string of the molecule is CN(CC(C)(C)O)C(=O)c1cc(F)cc(Cl)c1O. The molecule has 0 spiro atoms. The van der Waals surface area contributed by atoms with Crippen LogP contribution in [0.2, 0.25) is 5.02 Å². The van der Waals surface area contributed by atoms with Crippen molar-refractivity contribution in [1.29, 1.82) is 0 Å². The van der Waals surface area contributed by atoms with Crippen molar-refractivity contribution < 1.29 is 19.4 Å². The fraction of sp³-hybridized carbons (Fsp3) is 0.417. The largest absolute Gasteiger partial charge is 0.506 e. The lowest BCUT2D eigenvalue weighted by molar-refractivity contribution is 0.0366. The lowest BCUT2D eigenvalue weighted by atomic mass is 10.1. The van der Waals surface area contributed by atoms with Crippen LogP contribution in [0.3, 0.4) is 0 Å². The monoisotopic (exact) mass is 275 g/mol. The maximum atomic E-state index is 13.2. The van der Waals surface area contributed by atoms with Gasteiger partial charge in [-0.3, -0.25) is 4.79 Å². The van der Waals surface area contributed by atoms with E-state index in [2.05, 4.69) is 0 Å². The molecule has 0 heterocycles. The highest BCUT2D eigenvalue weighted by atomic mass is 35.5. The summed E-state index contributed by atoms with van der Waals surface area (Å²) in [5.41, 5.74) is -1.32. The van der Waals surface area contributed by atoms with Crippen LogP contribution in [-0.2, 0) is 0 Å². The average Bonchev–Trinajstić information content (AvgIpc) is 2.19. The van der Waals surface area contributed by atoms with Crippen molar-refractivity contribution in [3.63, 3.8) is 0 Å². The van der Waals surface area contributed by atoms with Crippen molar-refractivity contribution in [3.8, 4) is 5.75 Å². The van der Waals surface area contributed by atoms with Gasteiger partial charge >= 0.3 is 0 Å². The van der Waals surface area contributed by atoms with E-state index in [1.54, 1.807) is 0 Å². The summed E-state index contributed by atoms with van der Waals surface area (Å²) >= 11 is 5.59. The molecule has 1 amide bonds. The maximum absolute atomic E-state index is 13.2. The molecule has 2 N–H and O–H groups in total. The minimum Gasteiger partial charge on any atom is -0.506 e. The second-order valence-electron chi connectivity index (χ2n) is 4.76. The summed E-state index contributed by atoms with van der Waals surface area (Å²) in [4.78, 5) is 13.2.